The number of amides is 1. The number of benzene rings is 2. The topological polar surface area (TPSA) is 88.0 Å². The van der Waals surface area contributed by atoms with E-state index in [0.717, 1.165) is 3.57 Å². The molecule has 0 aliphatic rings. The van der Waals surface area contributed by atoms with Gasteiger partial charge in [0.2, 0.25) is 0 Å². The van der Waals surface area contributed by atoms with Crippen LogP contribution in [0.15, 0.2) is 57.8 Å². The number of nitrogens with zero attached hydrogens (tertiary/aromatic N) is 1. The number of hydrogen-bond acceptors (Lipinski definition) is 4. The molecule has 110 valence electrons. The fourth-order valence-electron chi connectivity index (χ4n) is 1.94. The van der Waals surface area contributed by atoms with Crippen LogP contribution in [0.5, 0.6) is 0 Å². The second-order valence-corrected chi connectivity index (χ2v) is 5.62. The number of nitrogens with one attached hydrogen (secondary N) is 2. The number of aromatic amines is 1. The Kier molecular flexibility index (Phi) is 4.05. The second-order valence-electron chi connectivity index (χ2n) is 4.46. The predicted octanol–water partition coefficient (Wildman–Crippen LogP) is 2.89. The Morgan fingerprint density at radius 2 is 2.00 bits per heavy atom. The highest BCUT2D eigenvalue weighted by atomic mass is 127. The Morgan fingerprint density at radius 3 is 2.73 bits per heavy atom. The van der Waals surface area contributed by atoms with Crippen LogP contribution >= 0.6 is 22.6 Å². The minimum Gasteiger partial charge on any atom is -0.322 e. The highest BCUT2D eigenvalue weighted by Gasteiger charge is 2.10. The van der Waals surface area contributed by atoms with E-state index in [2.05, 4.69) is 42.6 Å². The molecule has 0 saturated heterocycles. The van der Waals surface area contributed by atoms with Crippen LogP contribution < -0.4 is 11.1 Å². The number of hydrogen-bond donors (Lipinski definition) is 2. The lowest BCUT2D eigenvalue weighted by Gasteiger charge is -2.07. The van der Waals surface area contributed by atoms with E-state index in [1.807, 2.05) is 18.2 Å². The molecule has 2 N–H and O–H groups in total. The van der Waals surface area contributed by atoms with Crippen molar-refractivity contribution in [1.29, 1.82) is 0 Å². The van der Waals surface area contributed by atoms with Crippen LogP contribution in [-0.2, 0) is 0 Å². The van der Waals surface area contributed by atoms with Gasteiger partial charge in [-0.15, -0.1) is 0 Å². The number of anilines is 1. The van der Waals surface area contributed by atoms with Crippen LogP contribution in [0.4, 0.5) is 5.69 Å². The quantitative estimate of drug-likeness (QED) is 0.654. The molecule has 0 radical (unpaired) electrons. The van der Waals surface area contributed by atoms with Crippen molar-refractivity contribution in [3.63, 3.8) is 0 Å². The van der Waals surface area contributed by atoms with Crippen molar-refractivity contribution in [2.75, 3.05) is 5.32 Å². The molecule has 0 bridgehead atoms. The van der Waals surface area contributed by atoms with Gasteiger partial charge in [-0.1, -0.05) is 29.4 Å². The summed E-state index contributed by atoms with van der Waals surface area (Å²) in [6.45, 7) is 0. The van der Waals surface area contributed by atoms with Gasteiger partial charge in [0.15, 0.2) is 5.82 Å². The second kappa shape index (κ2) is 6.14. The summed E-state index contributed by atoms with van der Waals surface area (Å²) in [6.07, 6.45) is 0. The molecule has 0 spiro atoms. The Morgan fingerprint density at radius 1 is 1.18 bits per heavy atom. The summed E-state index contributed by atoms with van der Waals surface area (Å²) in [5.74, 6) is -0.505. The average Bonchev–Trinajstić information content (AvgIpc) is 2.94. The molecule has 22 heavy (non-hydrogen) atoms. The van der Waals surface area contributed by atoms with E-state index in [1.165, 1.54) is 0 Å². The van der Waals surface area contributed by atoms with Gasteiger partial charge in [-0.25, -0.2) is 4.79 Å². The summed E-state index contributed by atoms with van der Waals surface area (Å²) in [6, 6.07) is 14.3. The van der Waals surface area contributed by atoms with E-state index in [0.29, 0.717) is 22.6 Å². The molecule has 0 aliphatic carbocycles. The zero-order valence-corrected chi connectivity index (χ0v) is 13.3. The lowest BCUT2D eigenvalue weighted by molar-refractivity contribution is 0.102. The third-order valence-corrected chi connectivity index (χ3v) is 3.89. The van der Waals surface area contributed by atoms with Crippen molar-refractivity contribution in [3.05, 3.63) is 68.2 Å². The standard InChI is InChI=1S/C15H10IN3O3/c16-12-7-2-1-6-11(12)14(20)17-10-5-3-4-9(8-10)13-18-15(21)22-19-13/h1-8H,(H,17,20)(H,18,19,21). The largest absolute Gasteiger partial charge is 0.439 e. The van der Waals surface area contributed by atoms with Crippen LogP contribution in [0.25, 0.3) is 11.4 Å². The summed E-state index contributed by atoms with van der Waals surface area (Å²) < 4.78 is 5.35. The average molecular weight is 407 g/mol. The number of halogens is 1. The minimum absolute atomic E-state index is 0.198. The van der Waals surface area contributed by atoms with E-state index in [4.69, 9.17) is 0 Å². The van der Waals surface area contributed by atoms with Gasteiger partial charge in [0.1, 0.15) is 0 Å². The Bertz CT molecular complexity index is 885. The van der Waals surface area contributed by atoms with Gasteiger partial charge < -0.3 is 5.32 Å². The van der Waals surface area contributed by atoms with Crippen molar-refractivity contribution < 1.29 is 9.32 Å². The molecule has 3 rings (SSSR count). The Hall–Kier alpha value is -2.42. The van der Waals surface area contributed by atoms with Gasteiger partial charge >= 0.3 is 5.76 Å². The van der Waals surface area contributed by atoms with Crippen LogP contribution in [0.1, 0.15) is 10.4 Å². The first-order valence-electron chi connectivity index (χ1n) is 6.36. The van der Waals surface area contributed by atoms with Crippen molar-refractivity contribution in [2.24, 2.45) is 0 Å². The molecule has 7 heteroatoms. The van der Waals surface area contributed by atoms with Gasteiger partial charge in [-0.05, 0) is 46.9 Å². The molecule has 6 nitrogen and oxygen atoms in total. The van der Waals surface area contributed by atoms with Crippen LogP contribution in [0.3, 0.4) is 0 Å². The number of carbonyl (C=O) groups is 1. The van der Waals surface area contributed by atoms with Crippen LogP contribution in [0, 0.1) is 3.57 Å². The SMILES string of the molecule is O=C(Nc1cccc(-c2noc(=O)[nH]2)c1)c1ccccc1I. The first kappa shape index (κ1) is 14.5. The Labute approximate surface area is 138 Å². The lowest BCUT2D eigenvalue weighted by Crippen LogP contribution is -2.13. The molecule has 3 aromatic rings. The molecule has 2 aromatic carbocycles. The number of aromatic nitrogens is 2. The van der Waals surface area contributed by atoms with E-state index < -0.39 is 5.76 Å². The van der Waals surface area contributed by atoms with Crippen molar-refractivity contribution >= 4 is 34.2 Å². The fraction of sp³-hybridized carbons (Fsp3) is 0. The van der Waals surface area contributed by atoms with E-state index in [9.17, 15) is 9.59 Å². The molecule has 0 atom stereocenters. The molecule has 0 aliphatic heterocycles. The fourth-order valence-corrected chi connectivity index (χ4v) is 2.57. The van der Waals surface area contributed by atoms with Crippen LogP contribution in [-0.4, -0.2) is 16.0 Å². The van der Waals surface area contributed by atoms with Gasteiger partial charge in [-0.2, -0.15) is 0 Å². The van der Waals surface area contributed by atoms with Crippen molar-refractivity contribution in [1.82, 2.24) is 10.1 Å². The summed E-state index contributed by atoms with van der Waals surface area (Å²) in [5.41, 5.74) is 1.85. The summed E-state index contributed by atoms with van der Waals surface area (Å²) >= 11 is 2.11. The molecule has 0 unspecified atom stereocenters. The van der Waals surface area contributed by atoms with Gasteiger partial charge in [0, 0.05) is 14.8 Å². The van der Waals surface area contributed by atoms with E-state index in [-0.39, 0.29) is 5.91 Å². The number of rotatable bonds is 3. The minimum atomic E-state index is -0.622. The molecule has 0 fully saturated rings. The van der Waals surface area contributed by atoms with Crippen molar-refractivity contribution in [2.45, 2.75) is 0 Å². The monoisotopic (exact) mass is 407 g/mol. The van der Waals surface area contributed by atoms with Gasteiger partial charge in [-0.3, -0.25) is 14.3 Å². The van der Waals surface area contributed by atoms with E-state index >= 15 is 0 Å². The molecule has 1 amide bonds. The normalized spacial score (nSPS) is 10.4. The first-order valence-corrected chi connectivity index (χ1v) is 7.44. The lowest BCUT2D eigenvalue weighted by atomic mass is 10.1. The molecular formula is C15H10IN3O3. The maximum absolute atomic E-state index is 12.3. The predicted molar refractivity (Wildman–Crippen MR) is 89.7 cm³/mol. The third kappa shape index (κ3) is 3.08. The summed E-state index contributed by atoms with van der Waals surface area (Å²) in [4.78, 5) is 25.7. The third-order valence-electron chi connectivity index (χ3n) is 2.95. The summed E-state index contributed by atoms with van der Waals surface area (Å²) in [5, 5.41) is 6.44. The maximum Gasteiger partial charge on any atom is 0.439 e. The van der Waals surface area contributed by atoms with Gasteiger partial charge in [0.05, 0.1) is 5.56 Å². The highest BCUT2D eigenvalue weighted by Crippen LogP contribution is 2.20. The number of H-pyrrole nitrogens is 1. The Balaban J connectivity index is 1.86. The highest BCUT2D eigenvalue weighted by molar-refractivity contribution is 14.1. The summed E-state index contributed by atoms with van der Waals surface area (Å²) in [7, 11) is 0. The zero-order valence-electron chi connectivity index (χ0n) is 11.2. The number of carbonyl (C=O) groups excluding carboxylic acids is 1. The maximum atomic E-state index is 12.3. The molecule has 1 aromatic heterocycles. The zero-order chi connectivity index (χ0) is 15.5. The molecule has 1 heterocycles. The van der Waals surface area contributed by atoms with Crippen molar-refractivity contribution in [3.8, 4) is 11.4 Å². The first-order chi connectivity index (χ1) is 10.6. The van der Waals surface area contributed by atoms with Gasteiger partial charge in [0.25, 0.3) is 5.91 Å². The van der Waals surface area contributed by atoms with E-state index in [1.54, 1.807) is 30.3 Å². The molecular weight excluding hydrogens is 397 g/mol. The smallest absolute Gasteiger partial charge is 0.322 e. The van der Waals surface area contributed by atoms with Crippen LogP contribution in [0.2, 0.25) is 0 Å². The molecule has 0 saturated carbocycles.